The molecule has 3 heterocycles. The molecule has 0 spiro atoms. The third kappa shape index (κ3) is 2.46. The first kappa shape index (κ1) is 14.2. The summed E-state index contributed by atoms with van der Waals surface area (Å²) in [6, 6.07) is 7.84. The molecule has 0 saturated carbocycles. The Morgan fingerprint density at radius 1 is 1.17 bits per heavy atom. The Morgan fingerprint density at radius 3 is 2.78 bits per heavy atom. The van der Waals surface area contributed by atoms with Crippen molar-refractivity contribution in [1.82, 2.24) is 4.90 Å². The minimum absolute atomic E-state index is 0.0371. The molecule has 0 unspecified atom stereocenters. The van der Waals surface area contributed by atoms with Crippen LogP contribution in [0.3, 0.4) is 0 Å². The number of carbonyl (C=O) groups excluding carboxylic acids is 1. The lowest BCUT2D eigenvalue weighted by Gasteiger charge is -2.26. The number of likely N-dealkylation sites (tertiary alicyclic amines) is 1. The number of carbonyl (C=O) groups is 1. The number of furan rings is 1. The third-order valence-electron chi connectivity index (χ3n) is 4.52. The van der Waals surface area contributed by atoms with Crippen LogP contribution in [0.15, 0.2) is 34.9 Å². The van der Waals surface area contributed by atoms with E-state index in [-0.39, 0.29) is 11.9 Å². The number of nitrogens with zero attached hydrogens (tertiary/aromatic N) is 1. The summed E-state index contributed by atoms with van der Waals surface area (Å²) in [5.74, 6) is 1.94. The molecule has 120 valence electrons. The molecule has 0 bridgehead atoms. The Kier molecular flexibility index (Phi) is 3.48. The second-order valence-corrected chi connectivity index (χ2v) is 5.99. The van der Waals surface area contributed by atoms with Crippen LogP contribution in [0.1, 0.15) is 40.6 Å². The average Bonchev–Trinajstić information content (AvgIpc) is 3.22. The standard InChI is InChI=1S/C18H19NO4/c1-12-6-8-23-17(12)18(20)19-7-2-3-14(19)13-4-5-15-16(11-13)22-10-9-21-15/h4-6,8,11,14H,2-3,7,9-10H2,1H3/t14-/m1/s1. The molecular formula is C18H19NO4. The van der Waals surface area contributed by atoms with Crippen molar-refractivity contribution in [2.45, 2.75) is 25.8 Å². The predicted molar refractivity (Wildman–Crippen MR) is 83.9 cm³/mol. The fourth-order valence-corrected chi connectivity index (χ4v) is 3.35. The molecule has 0 N–H and O–H groups in total. The van der Waals surface area contributed by atoms with Gasteiger partial charge in [0.05, 0.1) is 12.3 Å². The molecule has 2 aromatic rings. The molecule has 1 amide bonds. The summed E-state index contributed by atoms with van der Waals surface area (Å²) in [5, 5.41) is 0. The van der Waals surface area contributed by atoms with Gasteiger partial charge < -0.3 is 18.8 Å². The van der Waals surface area contributed by atoms with Gasteiger partial charge in [0.25, 0.3) is 5.91 Å². The van der Waals surface area contributed by atoms with Gasteiger partial charge >= 0.3 is 0 Å². The van der Waals surface area contributed by atoms with Crippen molar-refractivity contribution >= 4 is 5.91 Å². The largest absolute Gasteiger partial charge is 0.486 e. The number of rotatable bonds is 2. The second kappa shape index (κ2) is 5.65. The van der Waals surface area contributed by atoms with Gasteiger partial charge in [-0.25, -0.2) is 0 Å². The molecule has 1 atom stereocenters. The maximum absolute atomic E-state index is 12.8. The van der Waals surface area contributed by atoms with E-state index in [0.717, 1.165) is 42.0 Å². The van der Waals surface area contributed by atoms with Gasteiger partial charge in [-0.3, -0.25) is 4.79 Å². The first-order valence-electron chi connectivity index (χ1n) is 7.98. The van der Waals surface area contributed by atoms with E-state index in [0.29, 0.717) is 19.0 Å². The lowest BCUT2D eigenvalue weighted by molar-refractivity contribution is 0.0701. The molecule has 0 radical (unpaired) electrons. The van der Waals surface area contributed by atoms with Crippen LogP contribution in [0, 0.1) is 6.92 Å². The van der Waals surface area contributed by atoms with E-state index < -0.39 is 0 Å². The van der Waals surface area contributed by atoms with E-state index in [1.54, 1.807) is 6.26 Å². The molecule has 1 saturated heterocycles. The highest BCUT2D eigenvalue weighted by Crippen LogP contribution is 2.38. The zero-order chi connectivity index (χ0) is 15.8. The third-order valence-corrected chi connectivity index (χ3v) is 4.52. The van der Waals surface area contributed by atoms with E-state index in [1.807, 2.05) is 36.1 Å². The van der Waals surface area contributed by atoms with E-state index >= 15 is 0 Å². The molecule has 2 aliphatic rings. The Morgan fingerprint density at radius 2 is 2.00 bits per heavy atom. The first-order chi connectivity index (χ1) is 11.2. The zero-order valence-corrected chi connectivity index (χ0v) is 13.1. The van der Waals surface area contributed by atoms with Crippen LogP contribution in [0.4, 0.5) is 0 Å². The fourth-order valence-electron chi connectivity index (χ4n) is 3.35. The SMILES string of the molecule is Cc1ccoc1C(=O)N1CCC[C@@H]1c1ccc2c(c1)OCCO2. The van der Waals surface area contributed by atoms with Crippen LogP contribution in [0.25, 0.3) is 0 Å². The molecule has 1 aromatic heterocycles. The first-order valence-corrected chi connectivity index (χ1v) is 7.98. The maximum atomic E-state index is 12.8. The number of fused-ring (bicyclic) bond motifs is 1. The molecule has 4 rings (SSSR count). The molecule has 0 aliphatic carbocycles. The number of aryl methyl sites for hydroxylation is 1. The Labute approximate surface area is 134 Å². The smallest absolute Gasteiger partial charge is 0.290 e. The van der Waals surface area contributed by atoms with Gasteiger partial charge in [-0.05, 0) is 43.5 Å². The lowest BCUT2D eigenvalue weighted by Crippen LogP contribution is -2.30. The molecule has 1 aromatic carbocycles. The van der Waals surface area contributed by atoms with Crippen LogP contribution in [0.5, 0.6) is 11.5 Å². The van der Waals surface area contributed by atoms with E-state index in [2.05, 4.69) is 0 Å². The highest BCUT2D eigenvalue weighted by molar-refractivity contribution is 5.93. The summed E-state index contributed by atoms with van der Waals surface area (Å²) >= 11 is 0. The number of amides is 1. The van der Waals surface area contributed by atoms with Crippen LogP contribution >= 0.6 is 0 Å². The lowest BCUT2D eigenvalue weighted by atomic mass is 10.0. The molecule has 23 heavy (non-hydrogen) atoms. The summed E-state index contributed by atoms with van der Waals surface area (Å²) < 4.78 is 16.6. The summed E-state index contributed by atoms with van der Waals surface area (Å²) in [5.41, 5.74) is 1.96. The van der Waals surface area contributed by atoms with Gasteiger partial charge in [-0.2, -0.15) is 0 Å². The van der Waals surface area contributed by atoms with Crippen molar-refractivity contribution in [3.05, 3.63) is 47.4 Å². The summed E-state index contributed by atoms with van der Waals surface area (Å²) in [7, 11) is 0. The summed E-state index contributed by atoms with van der Waals surface area (Å²) in [6.07, 6.45) is 3.51. The van der Waals surface area contributed by atoms with Gasteiger partial charge in [0.2, 0.25) is 0 Å². The van der Waals surface area contributed by atoms with Gasteiger partial charge in [0, 0.05) is 12.1 Å². The van der Waals surface area contributed by atoms with Crippen LogP contribution in [-0.2, 0) is 0 Å². The van der Waals surface area contributed by atoms with Gasteiger partial charge in [-0.1, -0.05) is 6.07 Å². The Balaban J connectivity index is 1.63. The zero-order valence-electron chi connectivity index (χ0n) is 13.1. The molecule has 2 aliphatic heterocycles. The topological polar surface area (TPSA) is 51.9 Å². The molecule has 5 nitrogen and oxygen atoms in total. The highest BCUT2D eigenvalue weighted by atomic mass is 16.6. The van der Waals surface area contributed by atoms with Crippen LogP contribution < -0.4 is 9.47 Å². The average molecular weight is 313 g/mol. The van der Waals surface area contributed by atoms with Crippen molar-refractivity contribution in [3.63, 3.8) is 0 Å². The van der Waals surface area contributed by atoms with E-state index in [4.69, 9.17) is 13.9 Å². The number of hydrogen-bond acceptors (Lipinski definition) is 4. The van der Waals surface area contributed by atoms with Gasteiger partial charge in [0.15, 0.2) is 17.3 Å². The Bertz CT molecular complexity index is 736. The minimum atomic E-state index is -0.0371. The molecule has 5 heteroatoms. The van der Waals surface area contributed by atoms with Crippen molar-refractivity contribution in [1.29, 1.82) is 0 Å². The quantitative estimate of drug-likeness (QED) is 0.853. The van der Waals surface area contributed by atoms with Crippen molar-refractivity contribution in [2.75, 3.05) is 19.8 Å². The molecule has 1 fully saturated rings. The predicted octanol–water partition coefficient (Wildman–Crippen LogP) is 3.34. The monoisotopic (exact) mass is 313 g/mol. The number of ether oxygens (including phenoxy) is 2. The van der Waals surface area contributed by atoms with Crippen LogP contribution in [-0.4, -0.2) is 30.6 Å². The van der Waals surface area contributed by atoms with Gasteiger partial charge in [-0.15, -0.1) is 0 Å². The Hall–Kier alpha value is -2.43. The normalized spacial score (nSPS) is 19.9. The van der Waals surface area contributed by atoms with Crippen LogP contribution in [0.2, 0.25) is 0 Å². The fraction of sp³-hybridized carbons (Fsp3) is 0.389. The number of hydrogen-bond donors (Lipinski definition) is 0. The molecular weight excluding hydrogens is 294 g/mol. The van der Waals surface area contributed by atoms with E-state index in [1.165, 1.54) is 0 Å². The summed E-state index contributed by atoms with van der Waals surface area (Å²) in [4.78, 5) is 14.7. The van der Waals surface area contributed by atoms with E-state index in [9.17, 15) is 4.79 Å². The number of benzene rings is 1. The highest BCUT2D eigenvalue weighted by Gasteiger charge is 2.33. The van der Waals surface area contributed by atoms with Crippen molar-refractivity contribution in [2.24, 2.45) is 0 Å². The minimum Gasteiger partial charge on any atom is -0.486 e. The maximum Gasteiger partial charge on any atom is 0.290 e. The van der Waals surface area contributed by atoms with Crippen molar-refractivity contribution in [3.8, 4) is 11.5 Å². The summed E-state index contributed by atoms with van der Waals surface area (Å²) in [6.45, 7) is 3.79. The van der Waals surface area contributed by atoms with Crippen molar-refractivity contribution < 1.29 is 18.7 Å². The second-order valence-electron chi connectivity index (χ2n) is 5.99. The van der Waals surface area contributed by atoms with Gasteiger partial charge in [0.1, 0.15) is 13.2 Å².